The van der Waals surface area contributed by atoms with E-state index < -0.39 is 0 Å². The molecule has 0 aromatic heterocycles. The molecule has 14 heavy (non-hydrogen) atoms. The lowest BCUT2D eigenvalue weighted by Crippen LogP contribution is -2.03. The third-order valence-electron chi connectivity index (χ3n) is 2.38. The molecular weight excluding hydrogens is 172 g/mol. The Bertz CT molecular complexity index is 339. The van der Waals surface area contributed by atoms with Gasteiger partial charge in [0.05, 0.1) is 0 Å². The van der Waals surface area contributed by atoms with Gasteiger partial charge in [0.1, 0.15) is 5.78 Å². The van der Waals surface area contributed by atoms with Crippen LogP contribution in [0.3, 0.4) is 0 Å². The van der Waals surface area contributed by atoms with Crippen molar-refractivity contribution in [1.82, 2.24) is 0 Å². The molecule has 1 atom stereocenters. The van der Waals surface area contributed by atoms with Crippen molar-refractivity contribution in [3.63, 3.8) is 0 Å². The third kappa shape index (κ3) is 2.56. The van der Waals surface area contributed by atoms with Gasteiger partial charge in [-0.3, -0.25) is 4.79 Å². The van der Waals surface area contributed by atoms with Crippen molar-refractivity contribution in [1.29, 1.82) is 0 Å². The number of Topliss-reactive ketones (excluding diaryl/α,β-unsaturated/α-hetero) is 1. The largest absolute Gasteiger partial charge is 0.300 e. The Labute approximate surface area is 85.5 Å². The molecule has 0 radical (unpaired) electrons. The van der Waals surface area contributed by atoms with Crippen molar-refractivity contribution < 1.29 is 4.79 Å². The van der Waals surface area contributed by atoms with Crippen LogP contribution in [0.4, 0.5) is 0 Å². The van der Waals surface area contributed by atoms with E-state index in [4.69, 9.17) is 0 Å². The van der Waals surface area contributed by atoms with Gasteiger partial charge in [0.2, 0.25) is 0 Å². The highest BCUT2D eigenvalue weighted by atomic mass is 16.1. The summed E-state index contributed by atoms with van der Waals surface area (Å²) in [6.45, 7) is 7.46. The molecule has 1 nitrogen and oxygen atoms in total. The van der Waals surface area contributed by atoms with Crippen LogP contribution in [0.1, 0.15) is 30.4 Å². The fourth-order valence-corrected chi connectivity index (χ4v) is 1.63. The Morgan fingerprint density at radius 1 is 1.50 bits per heavy atom. The fourth-order valence-electron chi connectivity index (χ4n) is 1.63. The molecule has 0 amide bonds. The number of carbonyl (C=O) groups is 1. The number of hydrogen-bond donors (Lipinski definition) is 0. The van der Waals surface area contributed by atoms with Crippen LogP contribution in [-0.4, -0.2) is 5.78 Å². The SMILES string of the molecule is C=CC(CC(C)=O)c1ccccc1C. The molecule has 1 heteroatoms. The predicted octanol–water partition coefficient (Wildman–Crippen LogP) is 3.24. The molecule has 0 aliphatic carbocycles. The van der Waals surface area contributed by atoms with Gasteiger partial charge in [0.15, 0.2) is 0 Å². The number of carbonyl (C=O) groups excluding carboxylic acids is 1. The summed E-state index contributed by atoms with van der Waals surface area (Å²) < 4.78 is 0. The minimum absolute atomic E-state index is 0.161. The monoisotopic (exact) mass is 188 g/mol. The molecular formula is C13H16O. The molecule has 1 aromatic carbocycles. The highest BCUT2D eigenvalue weighted by Gasteiger charge is 2.11. The Morgan fingerprint density at radius 2 is 2.14 bits per heavy atom. The zero-order valence-electron chi connectivity index (χ0n) is 8.79. The minimum atomic E-state index is 0.161. The normalized spacial score (nSPS) is 12.1. The van der Waals surface area contributed by atoms with Crippen molar-refractivity contribution in [3.8, 4) is 0 Å². The molecule has 1 rings (SSSR count). The summed E-state index contributed by atoms with van der Waals surface area (Å²) in [6.07, 6.45) is 2.40. The predicted molar refractivity (Wildman–Crippen MR) is 59.4 cm³/mol. The molecule has 0 fully saturated rings. The van der Waals surface area contributed by atoms with E-state index in [0.717, 1.165) is 0 Å². The van der Waals surface area contributed by atoms with Crippen LogP contribution in [0.15, 0.2) is 36.9 Å². The number of hydrogen-bond acceptors (Lipinski definition) is 1. The maximum Gasteiger partial charge on any atom is 0.130 e. The van der Waals surface area contributed by atoms with Crippen LogP contribution < -0.4 is 0 Å². The number of aryl methyl sites for hydroxylation is 1. The van der Waals surface area contributed by atoms with Crippen LogP contribution in [0.2, 0.25) is 0 Å². The van der Waals surface area contributed by atoms with E-state index in [1.165, 1.54) is 11.1 Å². The topological polar surface area (TPSA) is 17.1 Å². The first kappa shape index (κ1) is 10.7. The summed E-state index contributed by atoms with van der Waals surface area (Å²) in [7, 11) is 0. The number of allylic oxidation sites excluding steroid dienone is 1. The average molecular weight is 188 g/mol. The van der Waals surface area contributed by atoms with Gasteiger partial charge >= 0.3 is 0 Å². The Morgan fingerprint density at radius 3 is 2.64 bits per heavy atom. The van der Waals surface area contributed by atoms with E-state index in [-0.39, 0.29) is 11.7 Å². The second-order valence-electron chi connectivity index (χ2n) is 3.60. The van der Waals surface area contributed by atoms with E-state index >= 15 is 0 Å². The maximum absolute atomic E-state index is 11.0. The fraction of sp³-hybridized carbons (Fsp3) is 0.308. The summed E-state index contributed by atoms with van der Waals surface area (Å²) in [4.78, 5) is 11.0. The van der Waals surface area contributed by atoms with Crippen molar-refractivity contribution in [3.05, 3.63) is 48.0 Å². The third-order valence-corrected chi connectivity index (χ3v) is 2.38. The molecule has 74 valence electrons. The highest BCUT2D eigenvalue weighted by Crippen LogP contribution is 2.23. The van der Waals surface area contributed by atoms with Gasteiger partial charge in [-0.15, -0.1) is 6.58 Å². The Balaban J connectivity index is 2.94. The smallest absolute Gasteiger partial charge is 0.130 e. The molecule has 0 spiro atoms. The molecule has 1 unspecified atom stereocenters. The van der Waals surface area contributed by atoms with Gasteiger partial charge in [0, 0.05) is 12.3 Å². The lowest BCUT2D eigenvalue weighted by molar-refractivity contribution is -0.117. The number of rotatable bonds is 4. The number of benzene rings is 1. The van der Waals surface area contributed by atoms with Gasteiger partial charge < -0.3 is 0 Å². The summed E-state index contributed by atoms with van der Waals surface area (Å²) in [5.41, 5.74) is 2.43. The van der Waals surface area contributed by atoms with Crippen LogP contribution >= 0.6 is 0 Å². The van der Waals surface area contributed by atoms with Gasteiger partial charge in [-0.25, -0.2) is 0 Å². The van der Waals surface area contributed by atoms with Crippen LogP contribution in [0, 0.1) is 6.92 Å². The van der Waals surface area contributed by atoms with E-state index in [0.29, 0.717) is 6.42 Å². The quantitative estimate of drug-likeness (QED) is 0.663. The summed E-state index contributed by atoms with van der Waals surface area (Å²) >= 11 is 0. The van der Waals surface area contributed by atoms with Crippen molar-refractivity contribution in [2.24, 2.45) is 0 Å². The molecule has 0 aliphatic heterocycles. The van der Waals surface area contributed by atoms with Crippen LogP contribution in [0.5, 0.6) is 0 Å². The standard InChI is InChI=1S/C13H16O/c1-4-12(9-11(3)14)13-8-6-5-7-10(13)2/h4-8,12H,1,9H2,2-3H3. The molecule has 0 saturated heterocycles. The van der Waals surface area contributed by atoms with E-state index in [9.17, 15) is 4.79 Å². The van der Waals surface area contributed by atoms with E-state index in [1.54, 1.807) is 6.92 Å². The van der Waals surface area contributed by atoms with Gasteiger partial charge in [-0.05, 0) is 25.0 Å². The minimum Gasteiger partial charge on any atom is -0.300 e. The maximum atomic E-state index is 11.0. The molecule has 0 aliphatic rings. The zero-order valence-corrected chi connectivity index (χ0v) is 8.79. The summed E-state index contributed by atoms with van der Waals surface area (Å²) in [6, 6.07) is 8.13. The van der Waals surface area contributed by atoms with Gasteiger partial charge in [-0.1, -0.05) is 30.3 Å². The first-order valence-corrected chi connectivity index (χ1v) is 4.82. The van der Waals surface area contributed by atoms with Crippen molar-refractivity contribution >= 4 is 5.78 Å². The van der Waals surface area contributed by atoms with Gasteiger partial charge in [-0.2, -0.15) is 0 Å². The lowest BCUT2D eigenvalue weighted by atomic mass is 9.91. The summed E-state index contributed by atoms with van der Waals surface area (Å²) in [5.74, 6) is 0.367. The van der Waals surface area contributed by atoms with E-state index in [1.807, 2.05) is 18.2 Å². The highest BCUT2D eigenvalue weighted by molar-refractivity contribution is 5.76. The van der Waals surface area contributed by atoms with Crippen LogP contribution in [-0.2, 0) is 4.79 Å². The lowest BCUT2D eigenvalue weighted by Gasteiger charge is -2.13. The Hall–Kier alpha value is -1.37. The molecule has 0 heterocycles. The molecule has 1 aromatic rings. The second kappa shape index (κ2) is 4.75. The van der Waals surface area contributed by atoms with E-state index in [2.05, 4.69) is 25.6 Å². The van der Waals surface area contributed by atoms with Crippen molar-refractivity contribution in [2.45, 2.75) is 26.2 Å². The molecule has 0 bridgehead atoms. The molecule has 0 saturated carbocycles. The zero-order chi connectivity index (χ0) is 10.6. The van der Waals surface area contributed by atoms with Gasteiger partial charge in [0.25, 0.3) is 0 Å². The van der Waals surface area contributed by atoms with Crippen molar-refractivity contribution in [2.75, 3.05) is 0 Å². The van der Waals surface area contributed by atoms with Crippen LogP contribution in [0.25, 0.3) is 0 Å². The summed E-state index contributed by atoms with van der Waals surface area (Å²) in [5, 5.41) is 0. The first-order chi connectivity index (χ1) is 6.65. The Kier molecular flexibility index (Phi) is 3.63. The number of ketones is 1. The average Bonchev–Trinajstić information content (AvgIpc) is 2.15. The second-order valence-corrected chi connectivity index (χ2v) is 3.60. The first-order valence-electron chi connectivity index (χ1n) is 4.82. The molecule has 0 N–H and O–H groups in total.